The Morgan fingerprint density at radius 1 is 1.04 bits per heavy atom. The Morgan fingerprint density at radius 2 is 1.85 bits per heavy atom. The fourth-order valence-electron chi connectivity index (χ4n) is 2.54. The smallest absolute Gasteiger partial charge is 0.340 e. The SMILES string of the molecule is O=C(OCC(=O)c1ccc2c(c1)OCO2)/C(=C/c1cccs1)c1cccs1. The number of ether oxygens (including phenoxy) is 3. The number of thiophene rings is 2. The topological polar surface area (TPSA) is 61.8 Å². The third kappa shape index (κ3) is 3.94. The van der Waals surface area contributed by atoms with Gasteiger partial charge in [-0.2, -0.15) is 0 Å². The average molecular weight is 398 g/mol. The molecule has 1 aliphatic rings. The van der Waals surface area contributed by atoms with Gasteiger partial charge in [-0.1, -0.05) is 12.1 Å². The molecule has 0 saturated heterocycles. The molecule has 3 heterocycles. The highest BCUT2D eigenvalue weighted by molar-refractivity contribution is 7.12. The zero-order chi connectivity index (χ0) is 18.6. The Hall–Kier alpha value is -2.90. The van der Waals surface area contributed by atoms with Crippen LogP contribution < -0.4 is 9.47 Å². The normalized spacial score (nSPS) is 12.8. The molecular formula is C20H14O5S2. The Morgan fingerprint density at radius 3 is 2.63 bits per heavy atom. The molecule has 4 rings (SSSR count). The number of hydrogen-bond donors (Lipinski definition) is 0. The molecule has 5 nitrogen and oxygen atoms in total. The van der Waals surface area contributed by atoms with Gasteiger partial charge in [-0.05, 0) is 47.2 Å². The number of fused-ring (bicyclic) bond motifs is 1. The van der Waals surface area contributed by atoms with Crippen molar-refractivity contribution in [2.45, 2.75) is 0 Å². The van der Waals surface area contributed by atoms with E-state index in [4.69, 9.17) is 14.2 Å². The Balaban J connectivity index is 1.47. The van der Waals surface area contributed by atoms with Gasteiger partial charge in [0, 0.05) is 15.3 Å². The third-order valence-corrected chi connectivity index (χ3v) is 5.59. The van der Waals surface area contributed by atoms with Gasteiger partial charge >= 0.3 is 5.97 Å². The summed E-state index contributed by atoms with van der Waals surface area (Å²) >= 11 is 2.97. The number of Topliss-reactive ketones (excluding diaryl/α,β-unsaturated/α-hetero) is 1. The van der Waals surface area contributed by atoms with Crippen molar-refractivity contribution in [3.8, 4) is 11.5 Å². The standard InChI is InChI=1S/C20H14O5S2/c21-16(13-5-6-17-18(9-13)25-12-24-17)11-23-20(22)15(19-4-2-8-27-19)10-14-3-1-7-26-14/h1-10H,11-12H2/b15-10+. The summed E-state index contributed by atoms with van der Waals surface area (Å²) in [6.45, 7) is -0.203. The van der Waals surface area contributed by atoms with Crippen molar-refractivity contribution in [2.75, 3.05) is 13.4 Å². The zero-order valence-electron chi connectivity index (χ0n) is 14.0. The number of carbonyl (C=O) groups excluding carboxylic acids is 2. The van der Waals surface area contributed by atoms with Crippen LogP contribution in [0.2, 0.25) is 0 Å². The van der Waals surface area contributed by atoms with Gasteiger partial charge in [0.2, 0.25) is 6.79 Å². The molecule has 0 amide bonds. The fourth-order valence-corrected chi connectivity index (χ4v) is 3.93. The van der Waals surface area contributed by atoms with E-state index in [1.165, 1.54) is 22.7 Å². The molecule has 27 heavy (non-hydrogen) atoms. The maximum Gasteiger partial charge on any atom is 0.340 e. The van der Waals surface area contributed by atoms with Crippen LogP contribution in [0.15, 0.2) is 53.2 Å². The summed E-state index contributed by atoms with van der Waals surface area (Å²) in [5.74, 6) is 0.287. The second-order valence-electron chi connectivity index (χ2n) is 5.62. The van der Waals surface area contributed by atoms with Crippen LogP contribution in [0.4, 0.5) is 0 Å². The van der Waals surface area contributed by atoms with Crippen LogP contribution in [-0.2, 0) is 9.53 Å². The summed E-state index contributed by atoms with van der Waals surface area (Å²) in [6.07, 6.45) is 1.78. The van der Waals surface area contributed by atoms with Crippen molar-refractivity contribution >= 4 is 46.1 Å². The summed E-state index contributed by atoms with van der Waals surface area (Å²) in [4.78, 5) is 26.7. The van der Waals surface area contributed by atoms with E-state index < -0.39 is 5.97 Å². The lowest BCUT2D eigenvalue weighted by Crippen LogP contribution is -2.15. The van der Waals surface area contributed by atoms with Crippen molar-refractivity contribution in [2.24, 2.45) is 0 Å². The maximum atomic E-state index is 12.6. The minimum atomic E-state index is -0.528. The van der Waals surface area contributed by atoms with E-state index in [2.05, 4.69) is 0 Å². The van der Waals surface area contributed by atoms with Gasteiger partial charge in [-0.3, -0.25) is 4.79 Å². The van der Waals surface area contributed by atoms with Gasteiger partial charge in [0.05, 0.1) is 5.57 Å². The molecule has 3 aromatic rings. The fraction of sp³-hybridized carbons (Fsp3) is 0.100. The van der Waals surface area contributed by atoms with Gasteiger partial charge in [-0.15, -0.1) is 22.7 Å². The molecule has 1 aliphatic heterocycles. The molecule has 0 atom stereocenters. The number of ketones is 1. The van der Waals surface area contributed by atoms with Gasteiger partial charge in [0.25, 0.3) is 0 Å². The summed E-state index contributed by atoms with van der Waals surface area (Å²) < 4.78 is 15.8. The molecule has 0 N–H and O–H groups in total. The molecule has 7 heteroatoms. The van der Waals surface area contributed by atoms with Crippen molar-refractivity contribution in [3.63, 3.8) is 0 Å². The van der Waals surface area contributed by atoms with E-state index in [0.29, 0.717) is 22.6 Å². The van der Waals surface area contributed by atoms with Gasteiger partial charge < -0.3 is 14.2 Å². The Labute approximate surface area is 163 Å². The zero-order valence-corrected chi connectivity index (χ0v) is 15.7. The van der Waals surface area contributed by atoms with Crippen molar-refractivity contribution in [1.29, 1.82) is 0 Å². The quantitative estimate of drug-likeness (QED) is 0.347. The summed E-state index contributed by atoms with van der Waals surface area (Å²) in [7, 11) is 0. The monoisotopic (exact) mass is 398 g/mol. The van der Waals surface area contributed by atoms with Gasteiger partial charge in [0.15, 0.2) is 23.9 Å². The first-order valence-electron chi connectivity index (χ1n) is 8.10. The molecule has 0 saturated carbocycles. The highest BCUT2D eigenvalue weighted by Gasteiger charge is 2.19. The molecule has 1 aromatic carbocycles. The molecule has 0 aliphatic carbocycles. The van der Waals surface area contributed by atoms with Crippen LogP contribution in [0.25, 0.3) is 11.6 Å². The second kappa shape index (κ2) is 7.77. The molecule has 136 valence electrons. The molecule has 0 unspecified atom stereocenters. The van der Waals surface area contributed by atoms with Crippen LogP contribution in [0.5, 0.6) is 11.5 Å². The lowest BCUT2D eigenvalue weighted by Gasteiger charge is -2.07. The lowest BCUT2D eigenvalue weighted by molar-refractivity contribution is -0.135. The van der Waals surface area contributed by atoms with Crippen LogP contribution in [0.1, 0.15) is 20.1 Å². The number of hydrogen-bond acceptors (Lipinski definition) is 7. The number of carbonyl (C=O) groups is 2. The molecule has 0 bridgehead atoms. The van der Waals surface area contributed by atoms with E-state index in [1.807, 2.05) is 35.0 Å². The molecule has 0 spiro atoms. The summed E-state index contributed by atoms with van der Waals surface area (Å²) in [5, 5.41) is 3.83. The maximum absolute atomic E-state index is 12.6. The largest absolute Gasteiger partial charge is 0.454 e. The van der Waals surface area contributed by atoms with E-state index in [0.717, 1.165) is 9.75 Å². The Bertz CT molecular complexity index is 988. The van der Waals surface area contributed by atoms with E-state index >= 15 is 0 Å². The molecule has 0 radical (unpaired) electrons. The second-order valence-corrected chi connectivity index (χ2v) is 7.55. The predicted octanol–water partition coefficient (Wildman–Crippen LogP) is 4.51. The minimum absolute atomic E-state index is 0.139. The van der Waals surface area contributed by atoms with Gasteiger partial charge in [0.1, 0.15) is 0 Å². The van der Waals surface area contributed by atoms with E-state index in [-0.39, 0.29) is 19.2 Å². The van der Waals surface area contributed by atoms with Crippen LogP contribution >= 0.6 is 22.7 Å². The summed E-state index contributed by atoms with van der Waals surface area (Å²) in [5.41, 5.74) is 0.845. The van der Waals surface area contributed by atoms with Gasteiger partial charge in [-0.25, -0.2) is 4.79 Å². The molecule has 0 fully saturated rings. The number of rotatable bonds is 6. The van der Waals surface area contributed by atoms with Crippen LogP contribution in [0, 0.1) is 0 Å². The van der Waals surface area contributed by atoms with E-state index in [1.54, 1.807) is 24.3 Å². The first-order valence-corrected chi connectivity index (χ1v) is 9.86. The van der Waals surface area contributed by atoms with E-state index in [9.17, 15) is 9.59 Å². The minimum Gasteiger partial charge on any atom is -0.454 e. The predicted molar refractivity (Wildman–Crippen MR) is 104 cm³/mol. The highest BCUT2D eigenvalue weighted by atomic mass is 32.1. The Kier molecular flexibility index (Phi) is 5.04. The van der Waals surface area contributed by atoms with Crippen molar-refractivity contribution in [3.05, 3.63) is 68.5 Å². The number of benzene rings is 1. The van der Waals surface area contributed by atoms with Crippen molar-refractivity contribution in [1.82, 2.24) is 0 Å². The highest BCUT2D eigenvalue weighted by Crippen LogP contribution is 2.32. The third-order valence-electron chi connectivity index (χ3n) is 3.87. The molecule has 2 aromatic heterocycles. The average Bonchev–Trinajstić information content (AvgIpc) is 3.45. The van der Waals surface area contributed by atoms with Crippen molar-refractivity contribution < 1.29 is 23.8 Å². The lowest BCUT2D eigenvalue weighted by atomic mass is 10.1. The number of esters is 1. The first kappa shape index (κ1) is 17.5. The van der Waals surface area contributed by atoms with Crippen LogP contribution in [-0.4, -0.2) is 25.2 Å². The summed E-state index contributed by atoms with van der Waals surface area (Å²) in [6, 6.07) is 12.5. The first-order chi connectivity index (χ1) is 13.2. The van der Waals surface area contributed by atoms with Crippen LogP contribution in [0.3, 0.4) is 0 Å². The molecular weight excluding hydrogens is 384 g/mol.